The third kappa shape index (κ3) is 3.27. The van der Waals surface area contributed by atoms with Gasteiger partial charge in [-0.2, -0.15) is 5.10 Å². The number of ketones is 1. The lowest BCUT2D eigenvalue weighted by atomic mass is 10.0. The van der Waals surface area contributed by atoms with E-state index in [1.54, 1.807) is 4.68 Å². The van der Waals surface area contributed by atoms with Gasteiger partial charge in [0.05, 0.1) is 17.6 Å². The second-order valence-corrected chi connectivity index (χ2v) is 8.33. The summed E-state index contributed by atoms with van der Waals surface area (Å²) in [5, 5.41) is 6.33. The number of nitrogens with zero attached hydrogens (tertiary/aromatic N) is 6. The Morgan fingerprint density at radius 2 is 1.81 bits per heavy atom. The highest BCUT2D eigenvalue weighted by Crippen LogP contribution is 2.27. The number of carbonyl (C=O) groups excluding carboxylic acids is 1. The van der Waals surface area contributed by atoms with Crippen molar-refractivity contribution in [1.29, 1.82) is 0 Å². The molecule has 1 aliphatic rings. The Morgan fingerprint density at radius 3 is 2.58 bits per heavy atom. The van der Waals surface area contributed by atoms with Crippen molar-refractivity contribution in [2.24, 2.45) is 7.05 Å². The van der Waals surface area contributed by atoms with Gasteiger partial charge >= 0.3 is 0 Å². The predicted molar refractivity (Wildman–Crippen MR) is 122 cm³/mol. The van der Waals surface area contributed by atoms with Crippen molar-refractivity contribution < 1.29 is 4.79 Å². The van der Waals surface area contributed by atoms with Gasteiger partial charge in [0.15, 0.2) is 11.4 Å². The van der Waals surface area contributed by atoms with E-state index < -0.39 is 0 Å². The lowest BCUT2D eigenvalue weighted by Crippen LogP contribution is -2.52. The zero-order valence-electron chi connectivity index (χ0n) is 18.4. The van der Waals surface area contributed by atoms with Gasteiger partial charge in [-0.1, -0.05) is 18.2 Å². The molecule has 3 aromatic heterocycles. The molecule has 5 rings (SSSR count). The van der Waals surface area contributed by atoms with E-state index in [9.17, 15) is 4.79 Å². The summed E-state index contributed by atoms with van der Waals surface area (Å²) in [4.78, 5) is 30.5. The molecule has 1 aliphatic heterocycles. The highest BCUT2D eigenvalue weighted by atomic mass is 16.1. The molecule has 31 heavy (non-hydrogen) atoms. The SMILES string of the molecule is Cc1nc(N2CCN(C(C)C(=O)c3c(C)[nH]c4ccccc34)CC2)c2cnn(C)c2n1. The highest BCUT2D eigenvalue weighted by molar-refractivity contribution is 6.11. The first-order valence-electron chi connectivity index (χ1n) is 10.7. The number of aromatic nitrogens is 5. The summed E-state index contributed by atoms with van der Waals surface area (Å²) < 4.78 is 1.79. The van der Waals surface area contributed by atoms with Gasteiger partial charge in [-0.05, 0) is 26.8 Å². The van der Waals surface area contributed by atoms with Crippen LogP contribution < -0.4 is 4.90 Å². The van der Waals surface area contributed by atoms with E-state index >= 15 is 0 Å². The van der Waals surface area contributed by atoms with Gasteiger partial charge in [-0.25, -0.2) is 9.97 Å². The van der Waals surface area contributed by atoms with Crippen molar-refractivity contribution in [3.8, 4) is 0 Å². The maximum atomic E-state index is 13.4. The first-order valence-corrected chi connectivity index (χ1v) is 10.7. The number of para-hydroxylation sites is 1. The first kappa shape index (κ1) is 19.7. The molecular weight excluding hydrogens is 390 g/mol. The summed E-state index contributed by atoms with van der Waals surface area (Å²) in [5.74, 6) is 1.85. The van der Waals surface area contributed by atoms with E-state index in [1.165, 1.54) is 0 Å². The summed E-state index contributed by atoms with van der Waals surface area (Å²) in [7, 11) is 1.90. The number of Topliss-reactive ketones (excluding diaryl/α,β-unsaturated/α-hetero) is 1. The topological polar surface area (TPSA) is 82.9 Å². The number of fused-ring (bicyclic) bond motifs is 2. The Bertz CT molecular complexity index is 1280. The Morgan fingerprint density at radius 1 is 1.06 bits per heavy atom. The van der Waals surface area contributed by atoms with Crippen LogP contribution in [0.15, 0.2) is 30.5 Å². The normalized spacial score (nSPS) is 16.3. The van der Waals surface area contributed by atoms with Crippen LogP contribution in [0.4, 0.5) is 5.82 Å². The van der Waals surface area contributed by atoms with Crippen molar-refractivity contribution in [2.75, 3.05) is 31.1 Å². The molecule has 0 amide bonds. The maximum Gasteiger partial charge on any atom is 0.182 e. The number of anilines is 1. The lowest BCUT2D eigenvalue weighted by Gasteiger charge is -2.38. The summed E-state index contributed by atoms with van der Waals surface area (Å²) in [6, 6.07) is 7.84. The molecule has 1 unspecified atom stereocenters. The number of hydrogen-bond donors (Lipinski definition) is 1. The van der Waals surface area contributed by atoms with Crippen molar-refractivity contribution >= 4 is 33.5 Å². The first-order chi connectivity index (χ1) is 14.9. The molecule has 0 spiro atoms. The second kappa shape index (κ2) is 7.46. The minimum absolute atomic E-state index is 0.175. The number of piperazine rings is 1. The van der Waals surface area contributed by atoms with Gasteiger partial charge in [0, 0.05) is 55.4 Å². The smallest absolute Gasteiger partial charge is 0.182 e. The number of hydrogen-bond acceptors (Lipinski definition) is 6. The molecule has 0 bridgehead atoms. The highest BCUT2D eigenvalue weighted by Gasteiger charge is 2.30. The lowest BCUT2D eigenvalue weighted by molar-refractivity contribution is 0.0831. The molecule has 0 radical (unpaired) electrons. The largest absolute Gasteiger partial charge is 0.358 e. The van der Waals surface area contributed by atoms with Crippen LogP contribution in [0.3, 0.4) is 0 Å². The Balaban J connectivity index is 1.35. The van der Waals surface area contributed by atoms with E-state index in [2.05, 4.69) is 24.9 Å². The van der Waals surface area contributed by atoms with Crippen LogP contribution >= 0.6 is 0 Å². The van der Waals surface area contributed by atoms with E-state index in [1.807, 2.05) is 58.3 Å². The van der Waals surface area contributed by atoms with Crippen molar-refractivity contribution in [3.63, 3.8) is 0 Å². The van der Waals surface area contributed by atoms with Crippen LogP contribution in [0.1, 0.15) is 28.8 Å². The molecule has 0 aliphatic carbocycles. The Kier molecular flexibility index (Phi) is 4.74. The number of aromatic amines is 1. The van der Waals surface area contributed by atoms with Crippen molar-refractivity contribution in [2.45, 2.75) is 26.8 Å². The van der Waals surface area contributed by atoms with Crippen LogP contribution in [0.25, 0.3) is 21.9 Å². The van der Waals surface area contributed by atoms with Gasteiger partial charge in [-0.3, -0.25) is 14.4 Å². The number of carbonyl (C=O) groups is 1. The molecule has 1 atom stereocenters. The zero-order valence-corrected chi connectivity index (χ0v) is 18.4. The van der Waals surface area contributed by atoms with Gasteiger partial charge < -0.3 is 9.88 Å². The average molecular weight is 418 g/mol. The predicted octanol–water partition coefficient (Wildman–Crippen LogP) is 2.85. The molecule has 0 saturated carbocycles. The van der Waals surface area contributed by atoms with Crippen molar-refractivity contribution in [1.82, 2.24) is 29.6 Å². The maximum absolute atomic E-state index is 13.4. The third-order valence-corrected chi connectivity index (χ3v) is 6.36. The molecule has 1 N–H and O–H groups in total. The van der Waals surface area contributed by atoms with Gasteiger partial charge in [-0.15, -0.1) is 0 Å². The molecule has 4 heterocycles. The quantitative estimate of drug-likeness (QED) is 0.514. The van der Waals surface area contributed by atoms with Gasteiger partial charge in [0.2, 0.25) is 0 Å². The number of H-pyrrole nitrogens is 1. The van der Waals surface area contributed by atoms with Crippen LogP contribution in [-0.4, -0.2) is 67.6 Å². The minimum atomic E-state index is -0.175. The molecule has 1 aromatic carbocycles. The van der Waals surface area contributed by atoms with Gasteiger partial charge in [0.1, 0.15) is 11.6 Å². The van der Waals surface area contributed by atoms with E-state index in [-0.39, 0.29) is 11.8 Å². The molecule has 8 nitrogen and oxygen atoms in total. The van der Waals surface area contributed by atoms with E-state index in [0.717, 1.165) is 71.0 Å². The number of benzene rings is 1. The number of aryl methyl sites for hydroxylation is 3. The summed E-state index contributed by atoms with van der Waals surface area (Å²) >= 11 is 0. The monoisotopic (exact) mass is 417 g/mol. The van der Waals surface area contributed by atoms with Crippen LogP contribution in [-0.2, 0) is 7.05 Å². The minimum Gasteiger partial charge on any atom is -0.358 e. The fraction of sp³-hybridized carbons (Fsp3) is 0.391. The fourth-order valence-electron chi connectivity index (χ4n) is 4.64. The molecule has 1 fully saturated rings. The van der Waals surface area contributed by atoms with E-state index in [4.69, 9.17) is 4.98 Å². The second-order valence-electron chi connectivity index (χ2n) is 8.33. The molecular formula is C23H27N7O. The summed E-state index contributed by atoms with van der Waals surface area (Å²) in [6.07, 6.45) is 1.84. The number of rotatable bonds is 4. The third-order valence-electron chi connectivity index (χ3n) is 6.36. The Hall–Kier alpha value is -3.26. The molecule has 4 aromatic rings. The van der Waals surface area contributed by atoms with E-state index in [0.29, 0.717) is 0 Å². The van der Waals surface area contributed by atoms with Gasteiger partial charge in [0.25, 0.3) is 0 Å². The fourth-order valence-corrected chi connectivity index (χ4v) is 4.64. The molecule has 8 heteroatoms. The number of nitrogens with one attached hydrogen (secondary N) is 1. The summed E-state index contributed by atoms with van der Waals surface area (Å²) in [5.41, 5.74) is 3.62. The standard InChI is InChI=1S/C23H27N7O/c1-14-20(17-7-5-6-8-19(17)25-14)21(31)15(2)29-9-11-30(12-10-29)23-18-13-24-28(4)22(18)26-16(3)27-23/h5-8,13,15,25H,9-12H2,1-4H3. The molecule has 160 valence electrons. The molecule has 1 saturated heterocycles. The Labute approximate surface area is 180 Å². The zero-order chi connectivity index (χ0) is 21.7. The van der Waals surface area contributed by atoms with Crippen LogP contribution in [0.2, 0.25) is 0 Å². The average Bonchev–Trinajstić information content (AvgIpc) is 3.31. The van der Waals surface area contributed by atoms with Crippen molar-refractivity contribution in [3.05, 3.63) is 47.5 Å². The van der Waals surface area contributed by atoms with Crippen LogP contribution in [0.5, 0.6) is 0 Å². The summed E-state index contributed by atoms with van der Waals surface area (Å²) in [6.45, 7) is 9.15. The van der Waals surface area contributed by atoms with Crippen LogP contribution in [0, 0.1) is 13.8 Å².